The quantitative estimate of drug-likeness (QED) is 0.441. The molecule has 0 heterocycles. The second kappa shape index (κ2) is 7.36. The van der Waals surface area contributed by atoms with E-state index in [2.05, 4.69) is 0 Å². The van der Waals surface area contributed by atoms with Gasteiger partial charge >= 0.3 is 0 Å². The molecule has 0 aliphatic heterocycles. The van der Waals surface area contributed by atoms with Crippen LogP contribution in [0, 0.1) is 41.5 Å². The standard InChI is InChI=1S/C25H28O4/c1-12-7-14(3)21(24(28)16(12)5)23(18-9-19(26)11-20(27)10-18)22-15(4)8-13(2)17(6)25(22)29/h7-11,23,26-29H,1-6H3. The summed E-state index contributed by atoms with van der Waals surface area (Å²) in [6, 6.07) is 8.40. The highest BCUT2D eigenvalue weighted by Crippen LogP contribution is 2.47. The molecular formula is C25H28O4. The summed E-state index contributed by atoms with van der Waals surface area (Å²) in [5.41, 5.74) is 7.11. The van der Waals surface area contributed by atoms with E-state index in [0.717, 1.165) is 33.4 Å². The van der Waals surface area contributed by atoms with E-state index in [1.54, 1.807) is 12.1 Å². The molecule has 0 radical (unpaired) electrons. The van der Waals surface area contributed by atoms with Gasteiger partial charge in [0, 0.05) is 23.1 Å². The van der Waals surface area contributed by atoms with E-state index in [-0.39, 0.29) is 23.0 Å². The zero-order chi connectivity index (χ0) is 21.6. The van der Waals surface area contributed by atoms with Gasteiger partial charge in [-0.1, -0.05) is 12.1 Å². The van der Waals surface area contributed by atoms with E-state index < -0.39 is 5.92 Å². The predicted octanol–water partition coefficient (Wildman–Crippen LogP) is 5.54. The smallest absolute Gasteiger partial charge is 0.123 e. The fraction of sp³-hybridized carbons (Fsp3) is 0.280. The lowest BCUT2D eigenvalue weighted by Gasteiger charge is -2.27. The largest absolute Gasteiger partial charge is 0.508 e. The van der Waals surface area contributed by atoms with Gasteiger partial charge in [0.2, 0.25) is 0 Å². The molecule has 0 aromatic heterocycles. The van der Waals surface area contributed by atoms with Crippen molar-refractivity contribution in [2.45, 2.75) is 47.5 Å². The minimum Gasteiger partial charge on any atom is -0.508 e. The minimum absolute atomic E-state index is 0.0769. The Kier molecular flexibility index (Phi) is 5.22. The van der Waals surface area contributed by atoms with Crippen LogP contribution in [0.25, 0.3) is 0 Å². The third kappa shape index (κ3) is 3.51. The average Bonchev–Trinajstić information content (AvgIpc) is 2.62. The Hall–Kier alpha value is -3.14. The maximum Gasteiger partial charge on any atom is 0.123 e. The molecule has 29 heavy (non-hydrogen) atoms. The Morgan fingerprint density at radius 1 is 0.517 bits per heavy atom. The molecule has 4 heteroatoms. The molecule has 0 atom stereocenters. The first-order valence-corrected chi connectivity index (χ1v) is 9.65. The van der Waals surface area contributed by atoms with Crippen molar-refractivity contribution in [3.8, 4) is 23.0 Å². The Morgan fingerprint density at radius 3 is 1.28 bits per heavy atom. The monoisotopic (exact) mass is 392 g/mol. The molecule has 3 aromatic carbocycles. The van der Waals surface area contributed by atoms with Crippen LogP contribution in [0.4, 0.5) is 0 Å². The molecule has 3 rings (SSSR count). The van der Waals surface area contributed by atoms with Gasteiger partial charge in [-0.25, -0.2) is 0 Å². The van der Waals surface area contributed by atoms with Crippen LogP contribution in [-0.4, -0.2) is 20.4 Å². The van der Waals surface area contributed by atoms with Gasteiger partial charge in [-0.2, -0.15) is 0 Å². The topological polar surface area (TPSA) is 80.9 Å². The number of aromatic hydroxyl groups is 4. The zero-order valence-corrected chi connectivity index (χ0v) is 17.8. The first kappa shape index (κ1) is 20.6. The van der Waals surface area contributed by atoms with Crippen LogP contribution in [0.1, 0.15) is 56.0 Å². The van der Waals surface area contributed by atoms with Crippen LogP contribution in [-0.2, 0) is 0 Å². The predicted molar refractivity (Wildman–Crippen MR) is 115 cm³/mol. The third-order valence-corrected chi connectivity index (χ3v) is 5.95. The van der Waals surface area contributed by atoms with Crippen LogP contribution in [0.2, 0.25) is 0 Å². The van der Waals surface area contributed by atoms with Gasteiger partial charge in [0.05, 0.1) is 0 Å². The van der Waals surface area contributed by atoms with Gasteiger partial charge < -0.3 is 20.4 Å². The summed E-state index contributed by atoms with van der Waals surface area (Å²) in [6.45, 7) is 11.4. The van der Waals surface area contributed by atoms with Gasteiger partial charge in [-0.15, -0.1) is 0 Å². The Morgan fingerprint density at radius 2 is 0.897 bits per heavy atom. The number of aryl methyl sites for hydroxylation is 4. The molecular weight excluding hydrogens is 364 g/mol. The first-order chi connectivity index (χ1) is 13.5. The second-order valence-electron chi connectivity index (χ2n) is 8.01. The molecule has 0 unspecified atom stereocenters. The number of phenolic OH excluding ortho intramolecular Hbond substituents is 4. The highest BCUT2D eigenvalue weighted by Gasteiger charge is 2.29. The number of hydrogen-bond donors (Lipinski definition) is 4. The number of benzene rings is 3. The molecule has 0 saturated heterocycles. The molecule has 0 amide bonds. The van der Waals surface area contributed by atoms with E-state index in [0.29, 0.717) is 16.7 Å². The fourth-order valence-corrected chi connectivity index (χ4v) is 4.16. The lowest BCUT2D eigenvalue weighted by Crippen LogP contribution is -2.10. The zero-order valence-electron chi connectivity index (χ0n) is 17.8. The maximum atomic E-state index is 11.1. The molecule has 0 bridgehead atoms. The minimum atomic E-state index is -0.563. The maximum absolute atomic E-state index is 11.1. The van der Waals surface area contributed by atoms with Gasteiger partial charge in [0.15, 0.2) is 0 Å². The van der Waals surface area contributed by atoms with Crippen LogP contribution < -0.4 is 0 Å². The first-order valence-electron chi connectivity index (χ1n) is 9.65. The van der Waals surface area contributed by atoms with Crippen LogP contribution >= 0.6 is 0 Å². The number of rotatable bonds is 3. The summed E-state index contributed by atoms with van der Waals surface area (Å²) in [4.78, 5) is 0. The van der Waals surface area contributed by atoms with Crippen LogP contribution in [0.15, 0.2) is 30.3 Å². The summed E-state index contributed by atoms with van der Waals surface area (Å²) < 4.78 is 0. The molecule has 0 aliphatic rings. The molecule has 3 aromatic rings. The van der Waals surface area contributed by atoms with E-state index >= 15 is 0 Å². The SMILES string of the molecule is Cc1cc(C)c(C(c2cc(O)cc(O)c2)c2c(C)cc(C)c(C)c2O)c(O)c1C. The van der Waals surface area contributed by atoms with Gasteiger partial charge in [0.25, 0.3) is 0 Å². The molecule has 0 saturated carbocycles. The Balaban J connectivity index is 2.47. The van der Waals surface area contributed by atoms with E-state index in [1.165, 1.54) is 6.07 Å². The van der Waals surface area contributed by atoms with Crippen molar-refractivity contribution in [3.63, 3.8) is 0 Å². The van der Waals surface area contributed by atoms with E-state index in [1.807, 2.05) is 53.7 Å². The molecule has 4 N–H and O–H groups in total. The number of phenols is 4. The van der Waals surface area contributed by atoms with Crippen molar-refractivity contribution >= 4 is 0 Å². The summed E-state index contributed by atoms with van der Waals surface area (Å²) >= 11 is 0. The van der Waals surface area contributed by atoms with Gasteiger partial charge in [-0.05, 0) is 92.6 Å². The molecule has 0 fully saturated rings. The Labute approximate surface area is 171 Å². The highest BCUT2D eigenvalue weighted by atomic mass is 16.3. The highest BCUT2D eigenvalue weighted by molar-refractivity contribution is 5.63. The fourth-order valence-electron chi connectivity index (χ4n) is 4.16. The molecule has 0 aliphatic carbocycles. The van der Waals surface area contributed by atoms with Crippen molar-refractivity contribution < 1.29 is 20.4 Å². The van der Waals surface area contributed by atoms with Crippen molar-refractivity contribution in [2.75, 3.05) is 0 Å². The normalized spacial score (nSPS) is 11.3. The van der Waals surface area contributed by atoms with Crippen molar-refractivity contribution in [1.82, 2.24) is 0 Å². The van der Waals surface area contributed by atoms with E-state index in [4.69, 9.17) is 0 Å². The average molecular weight is 392 g/mol. The molecule has 0 spiro atoms. The van der Waals surface area contributed by atoms with Crippen LogP contribution in [0.3, 0.4) is 0 Å². The van der Waals surface area contributed by atoms with Crippen LogP contribution in [0.5, 0.6) is 23.0 Å². The van der Waals surface area contributed by atoms with Crippen molar-refractivity contribution in [3.05, 3.63) is 80.4 Å². The number of hydrogen-bond acceptors (Lipinski definition) is 4. The summed E-state index contributed by atoms with van der Waals surface area (Å²) in [7, 11) is 0. The summed E-state index contributed by atoms with van der Waals surface area (Å²) in [6.07, 6.45) is 0. The summed E-state index contributed by atoms with van der Waals surface area (Å²) in [5, 5.41) is 42.4. The van der Waals surface area contributed by atoms with E-state index in [9.17, 15) is 20.4 Å². The Bertz CT molecular complexity index is 1030. The van der Waals surface area contributed by atoms with Gasteiger partial charge in [-0.3, -0.25) is 0 Å². The lowest BCUT2D eigenvalue weighted by atomic mass is 9.78. The molecule has 4 nitrogen and oxygen atoms in total. The van der Waals surface area contributed by atoms with Gasteiger partial charge in [0.1, 0.15) is 23.0 Å². The molecule has 152 valence electrons. The third-order valence-electron chi connectivity index (χ3n) is 5.95. The van der Waals surface area contributed by atoms with Crippen molar-refractivity contribution in [1.29, 1.82) is 0 Å². The van der Waals surface area contributed by atoms with Crippen molar-refractivity contribution in [2.24, 2.45) is 0 Å². The second-order valence-corrected chi connectivity index (χ2v) is 8.01. The summed E-state index contributed by atoms with van der Waals surface area (Å²) in [5.74, 6) is -0.398. The lowest BCUT2D eigenvalue weighted by molar-refractivity contribution is 0.444.